The van der Waals surface area contributed by atoms with Crippen LogP contribution in [-0.2, 0) is 9.53 Å². The maximum atomic E-state index is 11.0. The number of methoxy groups -OCH3 is 1. The number of ether oxygens (including phenoxy) is 1. The van der Waals surface area contributed by atoms with E-state index in [1.54, 1.807) is 0 Å². The molecule has 0 bridgehead atoms. The Hall–Kier alpha value is -0.610. The van der Waals surface area contributed by atoms with Crippen molar-refractivity contribution < 1.29 is 9.53 Å². The maximum Gasteiger partial charge on any atom is 0.245 e. The Morgan fingerprint density at radius 2 is 2.23 bits per heavy atom. The normalized spacial score (nSPS) is 35.6. The van der Waals surface area contributed by atoms with Crippen LogP contribution in [0.4, 0.5) is 0 Å². The summed E-state index contributed by atoms with van der Waals surface area (Å²) in [5, 5.41) is 6.21. The Labute approximate surface area is 78.0 Å². The number of piperidine rings is 1. The summed E-state index contributed by atoms with van der Waals surface area (Å²) in [6.07, 6.45) is 0. The Bertz CT molecular complexity index is 198. The van der Waals surface area contributed by atoms with Crippen molar-refractivity contribution in [3.05, 3.63) is 0 Å². The minimum atomic E-state index is 0.000401. The molecule has 0 aromatic carbocycles. The van der Waals surface area contributed by atoms with Gasteiger partial charge in [0, 0.05) is 13.7 Å². The predicted molar refractivity (Wildman–Crippen MR) is 48.2 cm³/mol. The topological polar surface area (TPSA) is 50.4 Å². The van der Waals surface area contributed by atoms with Crippen molar-refractivity contribution in [3.63, 3.8) is 0 Å². The van der Waals surface area contributed by atoms with Crippen LogP contribution in [0.3, 0.4) is 0 Å². The van der Waals surface area contributed by atoms with E-state index in [1.165, 1.54) is 7.11 Å². The van der Waals surface area contributed by atoms with Crippen LogP contribution in [0.15, 0.2) is 0 Å². The van der Waals surface area contributed by atoms with Gasteiger partial charge in [-0.05, 0) is 30.8 Å². The van der Waals surface area contributed by atoms with Crippen LogP contribution < -0.4 is 10.6 Å². The van der Waals surface area contributed by atoms with Crippen LogP contribution in [0.5, 0.6) is 0 Å². The van der Waals surface area contributed by atoms with Gasteiger partial charge in [-0.15, -0.1) is 0 Å². The lowest BCUT2D eigenvalue weighted by Gasteiger charge is -2.06. The Kier molecular flexibility index (Phi) is 2.51. The lowest BCUT2D eigenvalue weighted by Crippen LogP contribution is -2.31. The van der Waals surface area contributed by atoms with E-state index in [9.17, 15) is 4.79 Å². The van der Waals surface area contributed by atoms with Gasteiger partial charge in [-0.3, -0.25) is 4.79 Å². The van der Waals surface area contributed by atoms with Crippen molar-refractivity contribution in [2.75, 3.05) is 33.4 Å². The maximum absolute atomic E-state index is 11.0. The first-order chi connectivity index (χ1) is 6.33. The largest absolute Gasteiger partial charge is 0.375 e. The van der Waals surface area contributed by atoms with E-state index in [0.717, 1.165) is 37.4 Å². The second-order valence-electron chi connectivity index (χ2n) is 3.89. The third kappa shape index (κ3) is 1.84. The molecule has 13 heavy (non-hydrogen) atoms. The highest BCUT2D eigenvalue weighted by molar-refractivity contribution is 5.77. The molecular formula is C9H16N2O2. The molecule has 1 heterocycles. The molecule has 2 fully saturated rings. The third-order valence-electron chi connectivity index (χ3n) is 3.08. The highest BCUT2D eigenvalue weighted by atomic mass is 16.5. The number of fused-ring (bicyclic) bond motifs is 1. The second-order valence-corrected chi connectivity index (χ2v) is 3.89. The predicted octanol–water partition coefficient (Wildman–Crippen LogP) is -0.786. The van der Waals surface area contributed by atoms with Gasteiger partial charge < -0.3 is 15.4 Å². The minimum Gasteiger partial charge on any atom is -0.375 e. The lowest BCUT2D eigenvalue weighted by molar-refractivity contribution is -0.124. The highest BCUT2D eigenvalue weighted by Gasteiger charge is 2.52. The lowest BCUT2D eigenvalue weighted by atomic mass is 10.3. The first-order valence-corrected chi connectivity index (χ1v) is 4.79. The highest BCUT2D eigenvalue weighted by Crippen LogP contribution is 2.47. The second kappa shape index (κ2) is 3.64. The van der Waals surface area contributed by atoms with Gasteiger partial charge >= 0.3 is 0 Å². The third-order valence-corrected chi connectivity index (χ3v) is 3.08. The summed E-state index contributed by atoms with van der Waals surface area (Å²) >= 11 is 0. The molecule has 2 aliphatic rings. The summed E-state index contributed by atoms with van der Waals surface area (Å²) in [5.74, 6) is 2.37. The van der Waals surface area contributed by atoms with Crippen molar-refractivity contribution in [2.45, 2.75) is 0 Å². The molecule has 0 aromatic heterocycles. The standard InChI is InChI=1S/C9H16N2O2/c1-13-5-9(12)11-4-8-6-2-10-3-7(6)8/h6-8,10H,2-5H2,1H3,(H,11,12). The molecule has 4 heteroatoms. The quantitative estimate of drug-likeness (QED) is 0.602. The molecule has 1 aliphatic heterocycles. The monoisotopic (exact) mass is 184 g/mol. The van der Waals surface area contributed by atoms with Crippen LogP contribution in [0.25, 0.3) is 0 Å². The Morgan fingerprint density at radius 1 is 1.54 bits per heavy atom. The fourth-order valence-electron chi connectivity index (χ4n) is 2.26. The number of carbonyl (C=O) groups excluding carboxylic acids is 1. The molecule has 2 atom stereocenters. The molecule has 1 aliphatic carbocycles. The molecule has 0 radical (unpaired) electrons. The van der Waals surface area contributed by atoms with Gasteiger partial charge in [-0.25, -0.2) is 0 Å². The molecule has 2 unspecified atom stereocenters. The van der Waals surface area contributed by atoms with Gasteiger partial charge in [0.15, 0.2) is 0 Å². The molecule has 0 spiro atoms. The zero-order valence-electron chi connectivity index (χ0n) is 7.88. The fourth-order valence-corrected chi connectivity index (χ4v) is 2.26. The summed E-state index contributed by atoms with van der Waals surface area (Å²) in [4.78, 5) is 11.0. The molecule has 1 amide bonds. The van der Waals surface area contributed by atoms with Gasteiger partial charge in [0.2, 0.25) is 5.91 Å². The van der Waals surface area contributed by atoms with Crippen molar-refractivity contribution in [1.29, 1.82) is 0 Å². The molecule has 4 nitrogen and oxygen atoms in total. The van der Waals surface area contributed by atoms with Gasteiger partial charge in [0.1, 0.15) is 6.61 Å². The molecule has 0 aromatic rings. The molecule has 1 saturated heterocycles. The van der Waals surface area contributed by atoms with Crippen LogP contribution in [-0.4, -0.2) is 39.3 Å². The van der Waals surface area contributed by atoms with Crippen LogP contribution in [0, 0.1) is 17.8 Å². The van der Waals surface area contributed by atoms with Crippen LogP contribution in [0.2, 0.25) is 0 Å². The first kappa shape index (κ1) is 8.97. The van der Waals surface area contributed by atoms with Gasteiger partial charge in [0.05, 0.1) is 0 Å². The van der Waals surface area contributed by atoms with Gasteiger partial charge in [0.25, 0.3) is 0 Å². The SMILES string of the molecule is COCC(=O)NCC1C2CNCC21. The van der Waals surface area contributed by atoms with Crippen LogP contribution >= 0.6 is 0 Å². The smallest absolute Gasteiger partial charge is 0.245 e. The Balaban J connectivity index is 1.62. The zero-order valence-corrected chi connectivity index (χ0v) is 7.88. The van der Waals surface area contributed by atoms with Crippen molar-refractivity contribution in [3.8, 4) is 0 Å². The molecule has 2 rings (SSSR count). The number of rotatable bonds is 4. The molecule has 74 valence electrons. The zero-order chi connectivity index (χ0) is 9.26. The van der Waals surface area contributed by atoms with Gasteiger partial charge in [-0.2, -0.15) is 0 Å². The van der Waals surface area contributed by atoms with Crippen molar-refractivity contribution >= 4 is 5.91 Å². The number of carbonyl (C=O) groups is 1. The minimum absolute atomic E-state index is 0.000401. The van der Waals surface area contributed by atoms with E-state index < -0.39 is 0 Å². The first-order valence-electron chi connectivity index (χ1n) is 4.79. The van der Waals surface area contributed by atoms with E-state index in [0.29, 0.717) is 0 Å². The van der Waals surface area contributed by atoms with E-state index >= 15 is 0 Å². The van der Waals surface area contributed by atoms with E-state index in [4.69, 9.17) is 4.74 Å². The summed E-state index contributed by atoms with van der Waals surface area (Å²) < 4.78 is 4.73. The number of hydrogen-bond acceptors (Lipinski definition) is 3. The number of amides is 1. The molecule has 2 N–H and O–H groups in total. The van der Waals surface area contributed by atoms with Crippen molar-refractivity contribution in [1.82, 2.24) is 10.6 Å². The van der Waals surface area contributed by atoms with E-state index in [2.05, 4.69) is 10.6 Å². The average molecular weight is 184 g/mol. The molecular weight excluding hydrogens is 168 g/mol. The van der Waals surface area contributed by atoms with Crippen molar-refractivity contribution in [2.24, 2.45) is 17.8 Å². The summed E-state index contributed by atoms with van der Waals surface area (Å²) in [7, 11) is 1.54. The van der Waals surface area contributed by atoms with E-state index in [-0.39, 0.29) is 12.5 Å². The number of nitrogens with one attached hydrogen (secondary N) is 2. The summed E-state index contributed by atoms with van der Waals surface area (Å²) in [6, 6.07) is 0. The van der Waals surface area contributed by atoms with Crippen LogP contribution in [0.1, 0.15) is 0 Å². The fraction of sp³-hybridized carbons (Fsp3) is 0.889. The number of hydrogen-bond donors (Lipinski definition) is 2. The molecule has 1 saturated carbocycles. The van der Waals surface area contributed by atoms with Gasteiger partial charge in [-0.1, -0.05) is 0 Å². The Morgan fingerprint density at radius 3 is 2.85 bits per heavy atom. The summed E-state index contributed by atoms with van der Waals surface area (Å²) in [6.45, 7) is 3.28. The summed E-state index contributed by atoms with van der Waals surface area (Å²) in [5.41, 5.74) is 0. The van der Waals surface area contributed by atoms with E-state index in [1.807, 2.05) is 0 Å². The average Bonchev–Trinajstić information content (AvgIpc) is 2.58.